The average molecular weight is 431 g/mol. The number of anilines is 1. The smallest absolute Gasteiger partial charge is 0.232 e. The van der Waals surface area contributed by atoms with Crippen molar-refractivity contribution >= 4 is 59.4 Å². The molecule has 0 aliphatic heterocycles. The predicted molar refractivity (Wildman–Crippen MR) is 90.3 cm³/mol. The molecule has 8 heteroatoms. The lowest BCUT2D eigenvalue weighted by Crippen LogP contribution is -1.98. The van der Waals surface area contributed by atoms with Gasteiger partial charge in [-0.2, -0.15) is 4.98 Å². The molecule has 5 nitrogen and oxygen atoms in total. The van der Waals surface area contributed by atoms with Crippen molar-refractivity contribution in [2.75, 3.05) is 12.8 Å². The fourth-order valence-corrected chi connectivity index (χ4v) is 3.42. The second kappa shape index (κ2) is 5.78. The molecule has 0 radical (unpaired) electrons. The van der Waals surface area contributed by atoms with E-state index in [4.69, 9.17) is 15.2 Å². The number of hydrogen-bond acceptors (Lipinski definition) is 6. The maximum atomic E-state index is 5.89. The van der Waals surface area contributed by atoms with E-state index in [0.29, 0.717) is 17.4 Å². The Morgan fingerprint density at radius 3 is 2.62 bits per heavy atom. The number of aromatic nitrogens is 2. The average Bonchev–Trinajstić information content (AvgIpc) is 2.90. The van der Waals surface area contributed by atoms with Gasteiger partial charge in [-0.3, -0.25) is 0 Å². The molecular weight excluding hydrogens is 422 g/mol. The van der Waals surface area contributed by atoms with E-state index in [1.807, 2.05) is 17.5 Å². The van der Waals surface area contributed by atoms with Gasteiger partial charge in [0.1, 0.15) is 16.3 Å². The Morgan fingerprint density at radius 1 is 1.14 bits per heavy atom. The van der Waals surface area contributed by atoms with Gasteiger partial charge in [0.05, 0.1) is 21.4 Å². The van der Waals surface area contributed by atoms with Gasteiger partial charge in [-0.25, -0.2) is 4.98 Å². The van der Waals surface area contributed by atoms with E-state index in [1.54, 1.807) is 13.2 Å². The standard InChI is InChI=1S/C13H9Br2N3O2S/c1-19-9-4-8(15)10(5-7(9)14)20-11-6-2-3-21-12(6)18-13(16)17-11/h2-5H,1H3,(H2,16,17,18). The molecule has 3 aromatic rings. The number of nitrogen functional groups attached to an aromatic ring is 1. The molecule has 3 rings (SSSR count). The van der Waals surface area contributed by atoms with Crippen molar-refractivity contribution in [1.82, 2.24) is 9.97 Å². The molecule has 0 amide bonds. The summed E-state index contributed by atoms with van der Waals surface area (Å²) in [7, 11) is 1.60. The van der Waals surface area contributed by atoms with Crippen LogP contribution in [-0.2, 0) is 0 Å². The predicted octanol–water partition coefficient (Wildman–Crippen LogP) is 4.60. The number of fused-ring (bicyclic) bond motifs is 1. The minimum atomic E-state index is 0.184. The normalized spacial score (nSPS) is 10.8. The summed E-state index contributed by atoms with van der Waals surface area (Å²) in [5.74, 6) is 1.92. The molecule has 0 saturated heterocycles. The van der Waals surface area contributed by atoms with Crippen LogP contribution < -0.4 is 15.2 Å². The van der Waals surface area contributed by atoms with Gasteiger partial charge in [0.15, 0.2) is 0 Å². The van der Waals surface area contributed by atoms with Crippen molar-refractivity contribution in [3.05, 3.63) is 32.5 Å². The Bertz CT molecular complexity index is 823. The highest BCUT2D eigenvalue weighted by Gasteiger charge is 2.13. The van der Waals surface area contributed by atoms with Gasteiger partial charge in [-0.05, 0) is 55.4 Å². The zero-order valence-electron chi connectivity index (χ0n) is 10.8. The largest absolute Gasteiger partial charge is 0.496 e. The van der Waals surface area contributed by atoms with Gasteiger partial charge >= 0.3 is 0 Å². The summed E-state index contributed by atoms with van der Waals surface area (Å²) < 4.78 is 12.7. The zero-order valence-corrected chi connectivity index (χ0v) is 14.8. The highest BCUT2D eigenvalue weighted by atomic mass is 79.9. The van der Waals surface area contributed by atoms with Crippen LogP contribution in [0.5, 0.6) is 17.4 Å². The first-order valence-corrected chi connectivity index (χ1v) is 8.26. The number of rotatable bonds is 3. The first-order valence-electron chi connectivity index (χ1n) is 5.80. The fraction of sp³-hybridized carbons (Fsp3) is 0.0769. The van der Waals surface area contributed by atoms with E-state index in [1.165, 1.54) is 11.3 Å². The minimum Gasteiger partial charge on any atom is -0.496 e. The molecule has 0 fully saturated rings. The number of nitrogens with two attached hydrogens (primary N) is 1. The number of benzene rings is 1. The SMILES string of the molecule is COc1cc(Br)c(Oc2nc(N)nc3sccc23)cc1Br. The van der Waals surface area contributed by atoms with Crippen molar-refractivity contribution in [2.24, 2.45) is 0 Å². The Kier molecular flexibility index (Phi) is 4.01. The number of methoxy groups -OCH3 is 1. The van der Waals surface area contributed by atoms with Crippen LogP contribution in [0.4, 0.5) is 5.95 Å². The molecule has 0 spiro atoms. The molecule has 0 unspecified atom stereocenters. The quantitative estimate of drug-likeness (QED) is 0.657. The third kappa shape index (κ3) is 2.83. The third-order valence-electron chi connectivity index (χ3n) is 2.72. The first kappa shape index (κ1) is 14.6. The van der Waals surface area contributed by atoms with E-state index < -0.39 is 0 Å². The summed E-state index contributed by atoms with van der Waals surface area (Å²) in [6.45, 7) is 0. The van der Waals surface area contributed by atoms with Gasteiger partial charge < -0.3 is 15.2 Å². The van der Waals surface area contributed by atoms with E-state index in [2.05, 4.69) is 41.8 Å². The zero-order chi connectivity index (χ0) is 15.0. The molecule has 0 atom stereocenters. The van der Waals surface area contributed by atoms with Crippen LogP contribution >= 0.6 is 43.2 Å². The molecule has 2 heterocycles. The molecule has 2 aromatic heterocycles. The molecule has 21 heavy (non-hydrogen) atoms. The molecule has 0 aliphatic rings. The van der Waals surface area contributed by atoms with E-state index in [-0.39, 0.29) is 5.95 Å². The molecule has 2 N–H and O–H groups in total. The molecular formula is C13H9Br2N3O2S. The molecule has 0 bridgehead atoms. The van der Waals surface area contributed by atoms with Crippen molar-refractivity contribution in [1.29, 1.82) is 0 Å². The summed E-state index contributed by atoms with van der Waals surface area (Å²) in [6.07, 6.45) is 0. The molecule has 0 aliphatic carbocycles. The van der Waals surface area contributed by atoms with Crippen LogP contribution in [0.25, 0.3) is 10.2 Å². The van der Waals surface area contributed by atoms with Crippen LogP contribution in [-0.4, -0.2) is 17.1 Å². The summed E-state index contributed by atoms with van der Waals surface area (Å²) in [5.41, 5.74) is 5.71. The summed E-state index contributed by atoms with van der Waals surface area (Å²) in [4.78, 5) is 9.13. The molecule has 1 aromatic carbocycles. The first-order chi connectivity index (χ1) is 10.1. The van der Waals surface area contributed by atoms with E-state index in [0.717, 1.165) is 19.2 Å². The molecule has 108 valence electrons. The lowest BCUT2D eigenvalue weighted by Gasteiger charge is -2.11. The van der Waals surface area contributed by atoms with Crippen molar-refractivity contribution in [3.8, 4) is 17.4 Å². The number of ether oxygens (including phenoxy) is 2. The van der Waals surface area contributed by atoms with Crippen molar-refractivity contribution in [2.45, 2.75) is 0 Å². The van der Waals surface area contributed by atoms with Gasteiger partial charge in [0, 0.05) is 0 Å². The van der Waals surface area contributed by atoms with Crippen LogP contribution in [0.3, 0.4) is 0 Å². The second-order valence-electron chi connectivity index (χ2n) is 4.05. The van der Waals surface area contributed by atoms with Gasteiger partial charge in [0.25, 0.3) is 0 Å². The second-order valence-corrected chi connectivity index (χ2v) is 6.65. The van der Waals surface area contributed by atoms with Crippen LogP contribution in [0.1, 0.15) is 0 Å². The van der Waals surface area contributed by atoms with Crippen LogP contribution in [0.15, 0.2) is 32.5 Å². The maximum Gasteiger partial charge on any atom is 0.232 e. The lowest BCUT2D eigenvalue weighted by atomic mass is 10.3. The Labute approximate surface area is 141 Å². The summed E-state index contributed by atoms with van der Waals surface area (Å²) in [6, 6.07) is 5.52. The highest BCUT2D eigenvalue weighted by Crippen LogP contribution is 2.39. The van der Waals surface area contributed by atoms with Gasteiger partial charge in [-0.1, -0.05) is 0 Å². The van der Waals surface area contributed by atoms with Crippen LogP contribution in [0.2, 0.25) is 0 Å². The Morgan fingerprint density at radius 2 is 1.86 bits per heavy atom. The van der Waals surface area contributed by atoms with Gasteiger partial charge in [0.2, 0.25) is 11.8 Å². The summed E-state index contributed by atoms with van der Waals surface area (Å²) in [5, 5.41) is 2.75. The highest BCUT2D eigenvalue weighted by molar-refractivity contribution is 9.11. The monoisotopic (exact) mass is 429 g/mol. The molecule has 0 saturated carbocycles. The van der Waals surface area contributed by atoms with Crippen molar-refractivity contribution in [3.63, 3.8) is 0 Å². The van der Waals surface area contributed by atoms with E-state index in [9.17, 15) is 0 Å². The summed E-state index contributed by atoms with van der Waals surface area (Å²) >= 11 is 8.37. The lowest BCUT2D eigenvalue weighted by molar-refractivity contribution is 0.409. The number of halogens is 2. The third-order valence-corrected chi connectivity index (χ3v) is 4.77. The topological polar surface area (TPSA) is 70.3 Å². The number of nitrogens with zero attached hydrogens (tertiary/aromatic N) is 2. The van der Waals surface area contributed by atoms with Crippen LogP contribution in [0, 0.1) is 0 Å². The maximum absolute atomic E-state index is 5.89. The minimum absolute atomic E-state index is 0.184. The number of hydrogen-bond donors (Lipinski definition) is 1. The number of thiophene rings is 1. The van der Waals surface area contributed by atoms with Crippen molar-refractivity contribution < 1.29 is 9.47 Å². The van der Waals surface area contributed by atoms with Gasteiger partial charge in [-0.15, -0.1) is 11.3 Å². The Hall–Kier alpha value is -1.38. The Balaban J connectivity index is 2.06. The van der Waals surface area contributed by atoms with E-state index >= 15 is 0 Å². The fourth-order valence-electron chi connectivity index (χ4n) is 1.77.